The molecule has 0 aromatic heterocycles. The lowest BCUT2D eigenvalue weighted by molar-refractivity contribution is 0.156. The van der Waals surface area contributed by atoms with Gasteiger partial charge in [0.05, 0.1) is 6.10 Å². The van der Waals surface area contributed by atoms with E-state index in [9.17, 15) is 0 Å². The number of benzene rings is 1. The van der Waals surface area contributed by atoms with Crippen molar-refractivity contribution >= 4 is 0 Å². The molecule has 0 aliphatic rings. The van der Waals surface area contributed by atoms with E-state index in [1.165, 1.54) is 24.8 Å². The van der Waals surface area contributed by atoms with Crippen molar-refractivity contribution in [2.45, 2.75) is 58.5 Å². The fraction of sp³-hybridized carbons (Fsp3) is 0.529. The number of hydrogen-bond acceptors (Lipinski definition) is 1. The quantitative estimate of drug-likeness (QED) is 0.590. The Hall–Kier alpha value is -1.12. The van der Waals surface area contributed by atoms with E-state index in [1.807, 2.05) is 31.2 Å². The van der Waals surface area contributed by atoms with Crippen LogP contribution in [0.5, 0.6) is 0 Å². The van der Waals surface area contributed by atoms with E-state index in [0.29, 0.717) is 0 Å². The predicted molar refractivity (Wildman–Crippen MR) is 84.4 cm³/mol. The van der Waals surface area contributed by atoms with Gasteiger partial charge in [-0.15, -0.1) is 6.58 Å². The smallest absolute Gasteiger partial charge is 0.0537 e. The van der Waals surface area contributed by atoms with E-state index < -0.39 is 0 Å². The average molecular weight is 266 g/mol. The van der Waals surface area contributed by atoms with E-state index in [1.54, 1.807) is 0 Å². The van der Waals surface area contributed by atoms with Crippen LogP contribution in [0.3, 0.4) is 0 Å². The molecule has 0 bridgehead atoms. The molecular weight excluding hydrogens is 236 g/mol. The van der Waals surface area contributed by atoms with Crippen LogP contribution in [0.4, 0.5) is 0 Å². The molecule has 0 fully saturated rings. The summed E-state index contributed by atoms with van der Waals surface area (Å²) >= 11 is 0. The zero-order valence-electron chi connectivity index (χ0n) is 12.4. The third-order valence-corrected chi connectivity index (χ3v) is 2.84. The molecule has 0 radical (unpaired) electrons. The van der Waals surface area contributed by atoms with E-state index in [0.717, 1.165) is 19.3 Å². The van der Waals surface area contributed by atoms with Gasteiger partial charge in [0.1, 0.15) is 0 Å². The fourth-order valence-electron chi connectivity index (χ4n) is 1.61. The number of allylic oxidation sites excluding steroid dienone is 1. The van der Waals surface area contributed by atoms with Gasteiger partial charge in [-0.2, -0.15) is 0 Å². The van der Waals surface area contributed by atoms with Crippen molar-refractivity contribution in [3.05, 3.63) is 48.6 Å². The molecule has 3 N–H and O–H groups in total. The van der Waals surface area contributed by atoms with Gasteiger partial charge in [0, 0.05) is 0 Å². The van der Waals surface area contributed by atoms with Crippen molar-refractivity contribution in [1.82, 2.24) is 0 Å². The van der Waals surface area contributed by atoms with Crippen LogP contribution in [0.1, 0.15) is 51.5 Å². The maximum absolute atomic E-state index is 9.08. The van der Waals surface area contributed by atoms with E-state index in [2.05, 4.69) is 25.6 Å². The van der Waals surface area contributed by atoms with Gasteiger partial charge >= 0.3 is 0 Å². The van der Waals surface area contributed by atoms with Crippen molar-refractivity contribution in [3.8, 4) is 0 Å². The minimum absolute atomic E-state index is 0. The molecular formula is C17H30O2. The summed E-state index contributed by atoms with van der Waals surface area (Å²) in [5, 5.41) is 9.08. The minimum atomic E-state index is -0.0449. The first-order valence-electron chi connectivity index (χ1n) is 7.07. The Morgan fingerprint density at radius 3 is 2.26 bits per heavy atom. The zero-order valence-corrected chi connectivity index (χ0v) is 12.4. The van der Waals surface area contributed by atoms with Crippen LogP contribution in [0, 0.1) is 0 Å². The summed E-state index contributed by atoms with van der Waals surface area (Å²) in [4.78, 5) is 0. The lowest BCUT2D eigenvalue weighted by Crippen LogP contribution is -2.02. The molecule has 0 heterocycles. The highest BCUT2D eigenvalue weighted by Crippen LogP contribution is 2.04. The van der Waals surface area contributed by atoms with Gasteiger partial charge in [-0.05, 0) is 24.8 Å². The lowest BCUT2D eigenvalue weighted by atomic mass is 10.1. The van der Waals surface area contributed by atoms with Crippen molar-refractivity contribution in [2.75, 3.05) is 0 Å². The number of rotatable bonds is 7. The van der Waals surface area contributed by atoms with Gasteiger partial charge in [-0.25, -0.2) is 0 Å². The highest BCUT2D eigenvalue weighted by molar-refractivity contribution is 5.16. The van der Waals surface area contributed by atoms with Crippen molar-refractivity contribution < 1.29 is 10.6 Å². The monoisotopic (exact) mass is 266 g/mol. The van der Waals surface area contributed by atoms with E-state index >= 15 is 0 Å². The first kappa shape index (κ1) is 20.2. The van der Waals surface area contributed by atoms with Crippen molar-refractivity contribution in [2.24, 2.45) is 0 Å². The minimum Gasteiger partial charge on any atom is -0.412 e. The summed E-state index contributed by atoms with van der Waals surface area (Å²) in [7, 11) is 0. The van der Waals surface area contributed by atoms with Crippen LogP contribution in [0.2, 0.25) is 0 Å². The lowest BCUT2D eigenvalue weighted by Gasteiger charge is -2.04. The van der Waals surface area contributed by atoms with E-state index in [4.69, 9.17) is 5.11 Å². The first-order chi connectivity index (χ1) is 8.74. The second-order valence-electron chi connectivity index (χ2n) is 4.54. The highest BCUT2D eigenvalue weighted by Gasteiger charge is 1.97. The first-order valence-corrected chi connectivity index (χ1v) is 7.07. The Balaban J connectivity index is 0. The molecule has 1 aromatic rings. The van der Waals surface area contributed by atoms with Gasteiger partial charge in [0.25, 0.3) is 0 Å². The standard InChI is InChI=1S/C9H10.C8H18O.H2O/c1-2-6-9-7-4-3-5-8-9;1-3-5-6-7-8(9)4-2;/h2-5,7-8H,1,6H2;8-9H,3-7H2,1-2H3;1H2. The van der Waals surface area contributed by atoms with Crippen LogP contribution < -0.4 is 0 Å². The summed E-state index contributed by atoms with van der Waals surface area (Å²) < 4.78 is 0. The molecule has 2 nitrogen and oxygen atoms in total. The third-order valence-electron chi connectivity index (χ3n) is 2.84. The Labute approximate surface area is 118 Å². The fourth-order valence-corrected chi connectivity index (χ4v) is 1.61. The molecule has 19 heavy (non-hydrogen) atoms. The van der Waals surface area contributed by atoms with Crippen molar-refractivity contribution in [1.29, 1.82) is 0 Å². The molecule has 2 heteroatoms. The van der Waals surface area contributed by atoms with Gasteiger partial charge in [-0.1, -0.05) is 69.5 Å². The summed E-state index contributed by atoms with van der Waals surface area (Å²) in [6.45, 7) is 7.86. The Kier molecular flexibility index (Phi) is 15.9. The molecule has 0 saturated carbocycles. The number of unbranched alkanes of at least 4 members (excludes halogenated alkanes) is 2. The molecule has 1 aromatic carbocycles. The molecule has 110 valence electrons. The van der Waals surface area contributed by atoms with E-state index in [-0.39, 0.29) is 11.6 Å². The van der Waals surface area contributed by atoms with Crippen LogP contribution >= 0.6 is 0 Å². The average Bonchev–Trinajstić information content (AvgIpc) is 2.41. The SMILES string of the molecule is C=CCc1ccccc1.CCCCCC(O)CC.O. The van der Waals surface area contributed by atoms with Crippen molar-refractivity contribution in [3.63, 3.8) is 0 Å². The molecule has 0 spiro atoms. The maximum Gasteiger partial charge on any atom is 0.0537 e. The van der Waals surface area contributed by atoms with Gasteiger partial charge in [-0.3, -0.25) is 0 Å². The largest absolute Gasteiger partial charge is 0.412 e. The normalized spacial score (nSPS) is 10.7. The van der Waals surface area contributed by atoms with Crippen LogP contribution in [-0.2, 0) is 6.42 Å². The van der Waals surface area contributed by atoms with Gasteiger partial charge in [0.2, 0.25) is 0 Å². The summed E-state index contributed by atoms with van der Waals surface area (Å²) in [5.41, 5.74) is 1.33. The number of aliphatic hydroxyl groups excluding tert-OH is 1. The number of hydrogen-bond donors (Lipinski definition) is 1. The molecule has 0 amide bonds. The molecule has 0 aliphatic heterocycles. The molecule has 1 unspecified atom stereocenters. The summed E-state index contributed by atoms with van der Waals surface area (Å²) in [5.74, 6) is 0. The van der Waals surface area contributed by atoms with Gasteiger partial charge in [0.15, 0.2) is 0 Å². The molecule has 0 aliphatic carbocycles. The zero-order chi connectivity index (χ0) is 13.6. The van der Waals surface area contributed by atoms with Crippen LogP contribution in [0.25, 0.3) is 0 Å². The summed E-state index contributed by atoms with van der Waals surface area (Å²) in [6, 6.07) is 10.3. The van der Waals surface area contributed by atoms with Gasteiger partial charge < -0.3 is 10.6 Å². The Morgan fingerprint density at radius 2 is 1.79 bits per heavy atom. The third kappa shape index (κ3) is 13.1. The summed E-state index contributed by atoms with van der Waals surface area (Å²) in [6.07, 6.45) is 8.43. The maximum atomic E-state index is 9.08. The Bertz CT molecular complexity index is 283. The topological polar surface area (TPSA) is 51.7 Å². The molecule has 0 saturated heterocycles. The number of aliphatic hydroxyl groups is 1. The molecule has 1 atom stereocenters. The van der Waals surface area contributed by atoms with Crippen LogP contribution in [0.15, 0.2) is 43.0 Å². The Morgan fingerprint density at radius 1 is 1.16 bits per heavy atom. The predicted octanol–water partition coefficient (Wildman–Crippen LogP) is 3.93. The highest BCUT2D eigenvalue weighted by atomic mass is 16.3. The van der Waals surface area contributed by atoms with Crippen LogP contribution in [-0.4, -0.2) is 16.7 Å². The second kappa shape index (κ2) is 14.9. The molecule has 1 rings (SSSR count). The second-order valence-corrected chi connectivity index (χ2v) is 4.54.